The van der Waals surface area contributed by atoms with Gasteiger partial charge in [-0.15, -0.1) is 0 Å². The van der Waals surface area contributed by atoms with E-state index in [-0.39, 0.29) is 11.6 Å². The second-order valence-electron chi connectivity index (χ2n) is 4.96. The Morgan fingerprint density at radius 2 is 1.12 bits per heavy atom. The molecule has 0 saturated carbocycles. The lowest BCUT2D eigenvalue weighted by Gasteiger charge is -2.07. The van der Waals surface area contributed by atoms with Crippen LogP contribution < -0.4 is 0 Å². The molecule has 2 aromatic rings. The quantitative estimate of drug-likeness (QED) is 0.288. The fourth-order valence-electron chi connectivity index (χ4n) is 2.06. The summed E-state index contributed by atoms with van der Waals surface area (Å²) in [4.78, 5) is 26.1. The Balaban J connectivity index is 2.10. The van der Waals surface area contributed by atoms with E-state index in [9.17, 15) is 9.59 Å². The third-order valence-corrected chi connectivity index (χ3v) is 7.11. The van der Waals surface area contributed by atoms with Gasteiger partial charge >= 0.3 is 0 Å². The van der Waals surface area contributed by atoms with E-state index in [0.717, 1.165) is 9.79 Å². The molecule has 0 aliphatic heterocycles. The van der Waals surface area contributed by atoms with Crippen molar-refractivity contribution in [2.45, 2.75) is 23.6 Å². The normalized spacial score (nSPS) is 11.3. The molecule has 2 nitrogen and oxygen atoms in total. The molecule has 2 aromatic carbocycles. The molecule has 0 fully saturated rings. The van der Waals surface area contributed by atoms with Crippen LogP contribution >= 0.6 is 31.4 Å². The molecule has 128 valence electrons. The van der Waals surface area contributed by atoms with Gasteiger partial charge < -0.3 is 0 Å². The average molecular weight is 387 g/mol. The highest BCUT2D eigenvalue weighted by Crippen LogP contribution is 2.46. The van der Waals surface area contributed by atoms with Crippen molar-refractivity contribution in [3.05, 3.63) is 84.0 Å². The van der Waals surface area contributed by atoms with Gasteiger partial charge in [-0.1, -0.05) is 36.4 Å². The van der Waals surface area contributed by atoms with Crippen molar-refractivity contribution in [3.63, 3.8) is 0 Å². The summed E-state index contributed by atoms with van der Waals surface area (Å²) in [7, 11) is 4.59. The lowest BCUT2D eigenvalue weighted by molar-refractivity contribution is 0.103. The van der Waals surface area contributed by atoms with Gasteiger partial charge in [-0.25, -0.2) is 0 Å². The van der Waals surface area contributed by atoms with Gasteiger partial charge in [0, 0.05) is 20.9 Å². The van der Waals surface area contributed by atoms with E-state index in [1.54, 1.807) is 24.3 Å². The second kappa shape index (κ2) is 10.3. The summed E-state index contributed by atoms with van der Waals surface area (Å²) >= 11 is 0. The second-order valence-corrected chi connectivity index (χ2v) is 8.94. The molecule has 0 saturated heterocycles. The third kappa shape index (κ3) is 5.66. The molecule has 5 heteroatoms. The summed E-state index contributed by atoms with van der Waals surface area (Å²) < 4.78 is 0. The van der Waals surface area contributed by atoms with Gasteiger partial charge in [0.25, 0.3) is 0 Å². The Morgan fingerprint density at radius 3 is 1.52 bits per heavy atom. The Labute approximate surface area is 160 Å². The van der Waals surface area contributed by atoms with Gasteiger partial charge in [0.1, 0.15) is 0 Å². The highest BCUT2D eigenvalue weighted by Gasteiger charge is 2.12. The van der Waals surface area contributed by atoms with E-state index in [1.165, 1.54) is 31.4 Å². The maximum absolute atomic E-state index is 12.1. The minimum Gasteiger partial charge on any atom is -0.289 e. The fraction of sp³-hybridized carbons (Fsp3) is 0.100. The van der Waals surface area contributed by atoms with Gasteiger partial charge in [0.15, 0.2) is 11.6 Å². The third-order valence-electron chi connectivity index (χ3n) is 3.19. The summed E-state index contributed by atoms with van der Waals surface area (Å²) in [5.41, 5.74) is 1.38. The molecule has 0 amide bonds. The van der Waals surface area contributed by atoms with Crippen LogP contribution in [0.15, 0.2) is 82.6 Å². The molecule has 0 aliphatic rings. The van der Waals surface area contributed by atoms with E-state index in [2.05, 4.69) is 0 Å². The lowest BCUT2D eigenvalue weighted by Crippen LogP contribution is -1.96. The first-order valence-electron chi connectivity index (χ1n) is 7.70. The van der Waals surface area contributed by atoms with Crippen molar-refractivity contribution in [2.75, 3.05) is 0 Å². The number of benzene rings is 2. The van der Waals surface area contributed by atoms with Crippen molar-refractivity contribution in [2.24, 2.45) is 0 Å². The van der Waals surface area contributed by atoms with Crippen LogP contribution in [0, 0.1) is 0 Å². The summed E-state index contributed by atoms with van der Waals surface area (Å²) in [5, 5.41) is 0. The molecule has 0 aromatic heterocycles. The zero-order valence-corrected chi connectivity index (χ0v) is 16.4. The van der Waals surface area contributed by atoms with Crippen LogP contribution in [0.4, 0.5) is 0 Å². The minimum absolute atomic E-state index is 0.000129. The number of hydrogen-bond acceptors (Lipinski definition) is 5. The first kappa shape index (κ1) is 19.6. The zero-order chi connectivity index (χ0) is 18.1. The van der Waals surface area contributed by atoms with Crippen molar-refractivity contribution in [1.29, 1.82) is 0 Å². The summed E-state index contributed by atoms with van der Waals surface area (Å²) in [5.74, 6) is -0.000258. The van der Waals surface area contributed by atoms with E-state index < -0.39 is 0 Å². The summed E-state index contributed by atoms with van der Waals surface area (Å²) in [6.45, 7) is 3.66. The molecule has 0 atom stereocenters. The average Bonchev–Trinajstić information content (AvgIpc) is 2.63. The Morgan fingerprint density at radius 1 is 0.720 bits per heavy atom. The van der Waals surface area contributed by atoms with Gasteiger partial charge in [-0.2, -0.15) is 0 Å². The van der Waals surface area contributed by atoms with E-state index in [0.29, 0.717) is 11.1 Å². The van der Waals surface area contributed by atoms with E-state index in [4.69, 9.17) is 0 Å². The van der Waals surface area contributed by atoms with E-state index >= 15 is 0 Å². The predicted octanol–water partition coefficient (Wildman–Crippen LogP) is 6.65. The molecule has 0 radical (unpaired) electrons. The summed E-state index contributed by atoms with van der Waals surface area (Å²) in [6.07, 6.45) is 6.63. The molecule has 2 rings (SSSR count). The zero-order valence-electron chi connectivity index (χ0n) is 14.0. The standard InChI is InChI=1S/C20H18O2S3/c1-3-9-17(21)15-11-5-7-13-19(15)23-25-24-20-14-8-6-12-16(20)18(22)10-4-2/h3-14H,1-2H3. The fourth-order valence-corrected chi connectivity index (χ4v) is 6.06. The van der Waals surface area contributed by atoms with Crippen LogP contribution in [0.3, 0.4) is 0 Å². The molecule has 0 unspecified atom stereocenters. The number of carbonyl (C=O) groups excluding carboxylic acids is 2. The maximum atomic E-state index is 12.1. The van der Waals surface area contributed by atoms with Crippen molar-refractivity contribution in [3.8, 4) is 0 Å². The molecule has 0 aliphatic carbocycles. The lowest BCUT2D eigenvalue weighted by atomic mass is 10.1. The van der Waals surface area contributed by atoms with Gasteiger partial charge in [0.05, 0.1) is 0 Å². The van der Waals surface area contributed by atoms with Crippen LogP contribution in [0.5, 0.6) is 0 Å². The predicted molar refractivity (Wildman–Crippen MR) is 110 cm³/mol. The smallest absolute Gasteiger partial charge is 0.186 e. The maximum Gasteiger partial charge on any atom is 0.186 e. The number of rotatable bonds is 8. The molecule has 0 spiro atoms. The first-order valence-corrected chi connectivity index (χ1v) is 11.2. The number of hydrogen-bond donors (Lipinski definition) is 0. The Hall–Kier alpha value is -1.69. The van der Waals surface area contributed by atoms with Crippen LogP contribution in [0.2, 0.25) is 0 Å². The van der Waals surface area contributed by atoms with Crippen LogP contribution in [0.1, 0.15) is 34.6 Å². The monoisotopic (exact) mass is 386 g/mol. The van der Waals surface area contributed by atoms with Crippen LogP contribution in [-0.4, -0.2) is 11.6 Å². The van der Waals surface area contributed by atoms with E-state index in [1.807, 2.05) is 62.4 Å². The van der Waals surface area contributed by atoms with Crippen LogP contribution in [-0.2, 0) is 0 Å². The molecular formula is C20H18O2S3. The number of carbonyl (C=O) groups is 2. The molecule has 0 bridgehead atoms. The molecule has 0 N–H and O–H groups in total. The highest BCUT2D eigenvalue weighted by atomic mass is 33.5. The molecule has 25 heavy (non-hydrogen) atoms. The highest BCUT2D eigenvalue weighted by molar-refractivity contribution is 9.09. The van der Waals surface area contributed by atoms with Crippen molar-refractivity contribution < 1.29 is 9.59 Å². The number of ketones is 2. The van der Waals surface area contributed by atoms with Crippen molar-refractivity contribution >= 4 is 43.0 Å². The van der Waals surface area contributed by atoms with Crippen LogP contribution in [0.25, 0.3) is 0 Å². The molecular weight excluding hydrogens is 368 g/mol. The number of allylic oxidation sites excluding steroid dienone is 4. The Bertz CT molecular complexity index is 743. The Kier molecular flexibility index (Phi) is 8.12. The van der Waals surface area contributed by atoms with Gasteiger partial charge in [0.2, 0.25) is 0 Å². The van der Waals surface area contributed by atoms with Gasteiger partial charge in [-0.05, 0) is 81.7 Å². The van der Waals surface area contributed by atoms with Crippen molar-refractivity contribution in [1.82, 2.24) is 0 Å². The topological polar surface area (TPSA) is 34.1 Å². The first-order chi connectivity index (χ1) is 12.2. The van der Waals surface area contributed by atoms with Gasteiger partial charge in [-0.3, -0.25) is 9.59 Å². The largest absolute Gasteiger partial charge is 0.289 e. The molecule has 0 heterocycles. The minimum atomic E-state index is -0.000129. The summed E-state index contributed by atoms with van der Waals surface area (Å²) in [6, 6.07) is 15.1. The SMILES string of the molecule is CC=CC(=O)c1ccccc1SSSc1ccccc1C(=O)C=CC.